The van der Waals surface area contributed by atoms with Gasteiger partial charge in [-0.3, -0.25) is 4.98 Å². The van der Waals surface area contributed by atoms with Gasteiger partial charge in [-0.25, -0.2) is 13.1 Å². The molecule has 114 valence electrons. The molecule has 0 aliphatic carbocycles. The van der Waals surface area contributed by atoms with Crippen LogP contribution in [0.2, 0.25) is 0 Å². The van der Waals surface area contributed by atoms with Crippen molar-refractivity contribution in [3.8, 4) is 0 Å². The van der Waals surface area contributed by atoms with E-state index in [0.717, 1.165) is 5.39 Å². The van der Waals surface area contributed by atoms with Crippen molar-refractivity contribution in [2.75, 3.05) is 6.54 Å². The number of sulfonamides is 1. The van der Waals surface area contributed by atoms with E-state index in [-0.39, 0.29) is 17.5 Å². The van der Waals surface area contributed by atoms with E-state index in [4.69, 9.17) is 5.73 Å². The molecule has 0 spiro atoms. The Balaban J connectivity index is 2.38. The summed E-state index contributed by atoms with van der Waals surface area (Å²) in [5, 5.41) is 0.800. The molecule has 3 N–H and O–H groups in total. The van der Waals surface area contributed by atoms with Crippen molar-refractivity contribution >= 4 is 20.9 Å². The summed E-state index contributed by atoms with van der Waals surface area (Å²) in [4.78, 5) is 4.39. The van der Waals surface area contributed by atoms with E-state index in [9.17, 15) is 8.42 Å². The minimum Gasteiger partial charge on any atom is -0.329 e. The first-order valence-electron chi connectivity index (χ1n) is 7.00. The normalized spacial score (nSPS) is 13.7. The summed E-state index contributed by atoms with van der Waals surface area (Å²) >= 11 is 0. The van der Waals surface area contributed by atoms with Crippen molar-refractivity contribution in [2.45, 2.75) is 31.2 Å². The van der Waals surface area contributed by atoms with Crippen LogP contribution < -0.4 is 10.5 Å². The molecule has 1 unspecified atom stereocenters. The number of fused-ring (bicyclic) bond motifs is 1. The summed E-state index contributed by atoms with van der Waals surface area (Å²) in [5.41, 5.74) is 6.16. The highest BCUT2D eigenvalue weighted by Crippen LogP contribution is 2.21. The Morgan fingerprint density at radius 1 is 1.24 bits per heavy atom. The fourth-order valence-corrected chi connectivity index (χ4v) is 3.78. The summed E-state index contributed by atoms with van der Waals surface area (Å²) in [6.07, 6.45) is 2.30. The standard InChI is InChI=1S/C15H21N3O2S/c1-11(2)9-13(10-16)18-21(19,20)14-7-3-5-12-6-4-8-17-15(12)14/h3-8,11,13,18H,9-10,16H2,1-2H3. The average molecular weight is 307 g/mol. The zero-order valence-corrected chi connectivity index (χ0v) is 13.1. The van der Waals surface area contributed by atoms with E-state index in [1.165, 1.54) is 0 Å². The van der Waals surface area contributed by atoms with Crippen molar-refractivity contribution in [3.05, 3.63) is 36.5 Å². The van der Waals surface area contributed by atoms with Crippen molar-refractivity contribution in [1.29, 1.82) is 0 Å². The van der Waals surface area contributed by atoms with E-state index in [1.807, 2.05) is 26.0 Å². The molecule has 1 atom stereocenters. The fraction of sp³-hybridized carbons (Fsp3) is 0.400. The predicted molar refractivity (Wildman–Crippen MR) is 84.4 cm³/mol. The van der Waals surface area contributed by atoms with Gasteiger partial charge in [0.25, 0.3) is 0 Å². The molecule has 0 fully saturated rings. The lowest BCUT2D eigenvalue weighted by Gasteiger charge is -2.19. The Bertz CT molecular complexity index is 708. The molecule has 0 amide bonds. The monoisotopic (exact) mass is 307 g/mol. The minimum atomic E-state index is -3.64. The molecule has 1 heterocycles. The number of pyridine rings is 1. The van der Waals surface area contributed by atoms with Gasteiger partial charge in [-0.2, -0.15) is 0 Å². The van der Waals surface area contributed by atoms with Gasteiger partial charge in [0.05, 0.1) is 5.52 Å². The van der Waals surface area contributed by atoms with Crippen molar-refractivity contribution in [1.82, 2.24) is 9.71 Å². The number of para-hydroxylation sites is 1. The lowest BCUT2D eigenvalue weighted by molar-refractivity contribution is 0.465. The summed E-state index contributed by atoms with van der Waals surface area (Å²) in [6, 6.07) is 8.49. The molecule has 0 aliphatic heterocycles. The van der Waals surface area contributed by atoms with Crippen LogP contribution in [0.3, 0.4) is 0 Å². The molecule has 0 bridgehead atoms. The molecule has 1 aromatic carbocycles. The maximum atomic E-state index is 12.6. The Morgan fingerprint density at radius 2 is 1.95 bits per heavy atom. The van der Waals surface area contributed by atoms with Crippen LogP contribution in [-0.2, 0) is 10.0 Å². The van der Waals surface area contributed by atoms with Gasteiger partial charge in [-0.1, -0.05) is 32.0 Å². The minimum absolute atomic E-state index is 0.197. The van der Waals surface area contributed by atoms with Gasteiger partial charge in [-0.05, 0) is 24.5 Å². The molecule has 0 saturated heterocycles. The molecule has 2 rings (SSSR count). The van der Waals surface area contributed by atoms with Gasteiger partial charge in [0, 0.05) is 24.2 Å². The Hall–Kier alpha value is -1.50. The third-order valence-electron chi connectivity index (χ3n) is 3.25. The van der Waals surface area contributed by atoms with Gasteiger partial charge >= 0.3 is 0 Å². The maximum absolute atomic E-state index is 12.6. The van der Waals surface area contributed by atoms with Crippen LogP contribution in [0.15, 0.2) is 41.4 Å². The zero-order chi connectivity index (χ0) is 15.5. The van der Waals surface area contributed by atoms with Gasteiger partial charge in [0.2, 0.25) is 10.0 Å². The summed E-state index contributed by atoms with van der Waals surface area (Å²) in [6.45, 7) is 4.35. The highest BCUT2D eigenvalue weighted by Gasteiger charge is 2.22. The second kappa shape index (κ2) is 6.51. The third-order valence-corrected chi connectivity index (χ3v) is 4.80. The van der Waals surface area contributed by atoms with Crippen molar-refractivity contribution in [2.24, 2.45) is 11.7 Å². The number of benzene rings is 1. The molecule has 0 radical (unpaired) electrons. The number of nitrogens with two attached hydrogens (primary N) is 1. The molecule has 21 heavy (non-hydrogen) atoms. The number of nitrogens with one attached hydrogen (secondary N) is 1. The van der Waals surface area contributed by atoms with E-state index in [1.54, 1.807) is 24.4 Å². The quantitative estimate of drug-likeness (QED) is 0.853. The maximum Gasteiger partial charge on any atom is 0.243 e. The lowest BCUT2D eigenvalue weighted by atomic mass is 10.1. The summed E-state index contributed by atoms with van der Waals surface area (Å²) < 4.78 is 27.9. The Labute approximate surface area is 125 Å². The number of rotatable bonds is 6. The number of aromatic nitrogens is 1. The van der Waals surface area contributed by atoms with E-state index in [2.05, 4.69) is 9.71 Å². The van der Waals surface area contributed by atoms with Crippen LogP contribution in [-0.4, -0.2) is 26.0 Å². The molecule has 6 heteroatoms. The topological polar surface area (TPSA) is 85.1 Å². The largest absolute Gasteiger partial charge is 0.329 e. The summed E-state index contributed by atoms with van der Waals surface area (Å²) in [7, 11) is -3.64. The smallest absolute Gasteiger partial charge is 0.243 e. The van der Waals surface area contributed by atoms with E-state index < -0.39 is 10.0 Å². The highest BCUT2D eigenvalue weighted by atomic mass is 32.2. The van der Waals surface area contributed by atoms with Crippen LogP contribution >= 0.6 is 0 Å². The first-order valence-corrected chi connectivity index (χ1v) is 8.48. The van der Waals surface area contributed by atoms with Gasteiger partial charge < -0.3 is 5.73 Å². The first-order chi connectivity index (χ1) is 9.94. The lowest BCUT2D eigenvalue weighted by Crippen LogP contribution is -2.41. The molecular weight excluding hydrogens is 286 g/mol. The molecular formula is C15H21N3O2S. The second-order valence-corrected chi connectivity index (χ2v) is 7.20. The summed E-state index contributed by atoms with van der Waals surface area (Å²) in [5.74, 6) is 0.367. The Morgan fingerprint density at radius 3 is 2.62 bits per heavy atom. The number of nitrogens with zero attached hydrogens (tertiary/aromatic N) is 1. The SMILES string of the molecule is CC(C)CC(CN)NS(=O)(=O)c1cccc2cccnc12. The fourth-order valence-electron chi connectivity index (χ4n) is 2.34. The van der Waals surface area contributed by atoms with Crippen LogP contribution in [0.25, 0.3) is 10.9 Å². The average Bonchev–Trinajstić information content (AvgIpc) is 2.45. The van der Waals surface area contributed by atoms with Crippen LogP contribution in [0, 0.1) is 5.92 Å². The van der Waals surface area contributed by atoms with Crippen molar-refractivity contribution in [3.63, 3.8) is 0 Å². The van der Waals surface area contributed by atoms with Gasteiger partial charge in [0.1, 0.15) is 4.90 Å². The molecule has 1 aromatic heterocycles. The van der Waals surface area contributed by atoms with Crippen molar-refractivity contribution < 1.29 is 8.42 Å². The second-order valence-electron chi connectivity index (χ2n) is 5.51. The van der Waals surface area contributed by atoms with E-state index >= 15 is 0 Å². The molecule has 2 aromatic rings. The van der Waals surface area contributed by atoms with Gasteiger partial charge in [-0.15, -0.1) is 0 Å². The zero-order valence-electron chi connectivity index (χ0n) is 12.3. The predicted octanol–water partition coefficient (Wildman–Crippen LogP) is 1.89. The molecule has 0 saturated carbocycles. The van der Waals surface area contributed by atoms with Gasteiger partial charge in [0.15, 0.2) is 0 Å². The van der Waals surface area contributed by atoms with E-state index in [0.29, 0.717) is 17.9 Å². The third kappa shape index (κ3) is 3.78. The number of hydrogen-bond acceptors (Lipinski definition) is 4. The highest BCUT2D eigenvalue weighted by molar-refractivity contribution is 7.89. The first kappa shape index (κ1) is 15.9. The molecule has 0 aliphatic rings. The van der Waals surface area contributed by atoms with Crippen LogP contribution in [0.5, 0.6) is 0 Å². The van der Waals surface area contributed by atoms with Crippen LogP contribution in [0.4, 0.5) is 0 Å². The Kier molecular flexibility index (Phi) is 4.92. The van der Waals surface area contributed by atoms with Crippen LogP contribution in [0.1, 0.15) is 20.3 Å². The number of hydrogen-bond donors (Lipinski definition) is 2. The molecule has 5 nitrogen and oxygen atoms in total.